The lowest BCUT2D eigenvalue weighted by atomic mass is 9.93. The zero-order valence-electron chi connectivity index (χ0n) is 16.9. The van der Waals surface area contributed by atoms with Crippen molar-refractivity contribution >= 4 is 11.8 Å². The summed E-state index contributed by atoms with van der Waals surface area (Å²) in [5.74, 6) is 1.68. The number of carbonyl (C=O) groups excluding carboxylic acids is 2. The standard InChI is InChI=1S/C22H33N3O3/c1-2-28-20-6-4-18(5-7-20)22(27)25-15-11-19(12-16-25)24-21(26)8-3-17-9-13-23-14-10-17/h4-7,17,19,23H,2-3,8-16H2,1H3,(H,24,26). The number of benzene rings is 1. The van der Waals surface area contributed by atoms with Gasteiger partial charge in [-0.25, -0.2) is 0 Å². The molecule has 28 heavy (non-hydrogen) atoms. The van der Waals surface area contributed by atoms with Crippen LogP contribution in [0.3, 0.4) is 0 Å². The number of likely N-dealkylation sites (tertiary alicyclic amines) is 1. The van der Waals surface area contributed by atoms with Crippen molar-refractivity contribution in [2.24, 2.45) is 5.92 Å². The SMILES string of the molecule is CCOc1ccc(C(=O)N2CCC(NC(=O)CCC3CCNCC3)CC2)cc1. The number of ether oxygens (including phenoxy) is 1. The molecule has 0 bridgehead atoms. The molecule has 2 saturated heterocycles. The zero-order chi connectivity index (χ0) is 19.8. The molecule has 3 rings (SSSR count). The Bertz CT molecular complexity index is 633. The van der Waals surface area contributed by atoms with Crippen LogP contribution < -0.4 is 15.4 Å². The number of nitrogens with zero attached hydrogens (tertiary/aromatic N) is 1. The summed E-state index contributed by atoms with van der Waals surface area (Å²) in [7, 11) is 0. The summed E-state index contributed by atoms with van der Waals surface area (Å²) in [6, 6.07) is 7.51. The molecule has 6 nitrogen and oxygen atoms in total. The van der Waals surface area contributed by atoms with E-state index < -0.39 is 0 Å². The number of hydrogen-bond acceptors (Lipinski definition) is 4. The van der Waals surface area contributed by atoms with Gasteiger partial charge < -0.3 is 20.3 Å². The van der Waals surface area contributed by atoms with Crippen LogP contribution in [0.1, 0.15) is 55.8 Å². The first kappa shape index (κ1) is 20.6. The summed E-state index contributed by atoms with van der Waals surface area (Å²) in [5, 5.41) is 6.53. The topological polar surface area (TPSA) is 70.7 Å². The maximum Gasteiger partial charge on any atom is 0.253 e. The van der Waals surface area contributed by atoms with Crippen LogP contribution in [0.25, 0.3) is 0 Å². The Morgan fingerprint density at radius 1 is 1.11 bits per heavy atom. The third-order valence-corrected chi connectivity index (χ3v) is 5.80. The molecule has 0 aliphatic carbocycles. The van der Waals surface area contributed by atoms with Crippen molar-refractivity contribution in [1.29, 1.82) is 0 Å². The quantitative estimate of drug-likeness (QED) is 0.754. The largest absolute Gasteiger partial charge is 0.494 e. The molecule has 1 aromatic carbocycles. The van der Waals surface area contributed by atoms with Crippen LogP contribution in [-0.2, 0) is 4.79 Å². The maximum atomic E-state index is 12.7. The Morgan fingerprint density at radius 2 is 1.79 bits per heavy atom. The molecule has 0 radical (unpaired) electrons. The van der Waals surface area contributed by atoms with Crippen molar-refractivity contribution in [2.45, 2.75) is 51.5 Å². The smallest absolute Gasteiger partial charge is 0.253 e. The molecule has 2 N–H and O–H groups in total. The lowest BCUT2D eigenvalue weighted by Gasteiger charge is -2.32. The van der Waals surface area contributed by atoms with Crippen molar-refractivity contribution in [1.82, 2.24) is 15.5 Å². The molecule has 2 fully saturated rings. The van der Waals surface area contributed by atoms with Gasteiger partial charge in [-0.1, -0.05) is 0 Å². The monoisotopic (exact) mass is 387 g/mol. The van der Waals surface area contributed by atoms with E-state index in [0.717, 1.165) is 38.1 Å². The van der Waals surface area contributed by atoms with Crippen LogP contribution in [0.5, 0.6) is 5.75 Å². The highest BCUT2D eigenvalue weighted by molar-refractivity contribution is 5.94. The summed E-state index contributed by atoms with van der Waals surface area (Å²) < 4.78 is 5.43. The van der Waals surface area contributed by atoms with Gasteiger partial charge in [-0.2, -0.15) is 0 Å². The van der Waals surface area contributed by atoms with Gasteiger partial charge in [0.25, 0.3) is 5.91 Å². The van der Waals surface area contributed by atoms with Crippen molar-refractivity contribution in [2.75, 3.05) is 32.8 Å². The second-order valence-corrected chi connectivity index (χ2v) is 7.82. The van der Waals surface area contributed by atoms with Gasteiger partial charge in [0, 0.05) is 31.1 Å². The fraction of sp³-hybridized carbons (Fsp3) is 0.636. The molecule has 154 valence electrons. The predicted octanol–water partition coefficient (Wildman–Crippen LogP) is 2.59. The first-order valence-electron chi connectivity index (χ1n) is 10.7. The van der Waals surface area contributed by atoms with Gasteiger partial charge in [0.05, 0.1) is 6.61 Å². The van der Waals surface area contributed by atoms with Gasteiger partial charge in [-0.05, 0) is 82.3 Å². The van der Waals surface area contributed by atoms with Gasteiger partial charge in [-0.3, -0.25) is 9.59 Å². The minimum Gasteiger partial charge on any atom is -0.494 e. The molecular formula is C22H33N3O3. The molecular weight excluding hydrogens is 354 g/mol. The molecule has 0 aromatic heterocycles. The van der Waals surface area contributed by atoms with E-state index in [1.165, 1.54) is 12.8 Å². The summed E-state index contributed by atoms with van der Waals surface area (Å²) in [5.41, 5.74) is 0.688. The Balaban J connectivity index is 1.38. The summed E-state index contributed by atoms with van der Waals surface area (Å²) in [4.78, 5) is 26.8. The van der Waals surface area contributed by atoms with Crippen LogP contribution in [0, 0.1) is 5.92 Å². The van der Waals surface area contributed by atoms with Crippen LogP contribution in [0.15, 0.2) is 24.3 Å². The molecule has 0 atom stereocenters. The second kappa shape index (κ2) is 10.5. The van der Waals surface area contributed by atoms with Crippen LogP contribution in [-0.4, -0.2) is 55.5 Å². The summed E-state index contributed by atoms with van der Waals surface area (Å²) in [6.07, 6.45) is 5.61. The van der Waals surface area contributed by atoms with E-state index in [0.29, 0.717) is 37.6 Å². The third kappa shape index (κ3) is 5.96. The van der Waals surface area contributed by atoms with Gasteiger partial charge in [0.1, 0.15) is 5.75 Å². The lowest BCUT2D eigenvalue weighted by Crippen LogP contribution is -2.46. The van der Waals surface area contributed by atoms with Crippen molar-refractivity contribution in [3.05, 3.63) is 29.8 Å². The normalized spacial score (nSPS) is 18.7. The number of rotatable bonds is 7. The average Bonchev–Trinajstić information content (AvgIpc) is 2.74. The molecule has 0 unspecified atom stereocenters. The molecule has 0 saturated carbocycles. The Morgan fingerprint density at radius 3 is 2.43 bits per heavy atom. The fourth-order valence-electron chi connectivity index (χ4n) is 4.08. The molecule has 1 aromatic rings. The average molecular weight is 388 g/mol. The third-order valence-electron chi connectivity index (χ3n) is 5.80. The highest BCUT2D eigenvalue weighted by Crippen LogP contribution is 2.19. The minimum atomic E-state index is 0.0544. The number of piperidine rings is 2. The second-order valence-electron chi connectivity index (χ2n) is 7.82. The molecule has 2 aliphatic heterocycles. The number of carbonyl (C=O) groups is 2. The number of hydrogen-bond donors (Lipinski definition) is 2. The first-order chi connectivity index (χ1) is 13.7. The molecule has 2 aliphatic rings. The predicted molar refractivity (Wildman–Crippen MR) is 110 cm³/mol. The van der Waals surface area contributed by atoms with Gasteiger partial charge in [0.15, 0.2) is 0 Å². The Hall–Kier alpha value is -2.08. The first-order valence-corrected chi connectivity index (χ1v) is 10.7. The lowest BCUT2D eigenvalue weighted by molar-refractivity contribution is -0.122. The van der Waals surface area contributed by atoms with E-state index in [1.54, 1.807) is 0 Å². The van der Waals surface area contributed by atoms with Crippen LogP contribution in [0.2, 0.25) is 0 Å². The number of amides is 2. The van der Waals surface area contributed by atoms with Crippen molar-refractivity contribution in [3.8, 4) is 5.75 Å². The van der Waals surface area contributed by atoms with Crippen molar-refractivity contribution < 1.29 is 14.3 Å². The Kier molecular flexibility index (Phi) is 7.71. The van der Waals surface area contributed by atoms with E-state index >= 15 is 0 Å². The minimum absolute atomic E-state index is 0.0544. The fourth-order valence-corrected chi connectivity index (χ4v) is 4.08. The van der Waals surface area contributed by atoms with Gasteiger partial charge in [-0.15, -0.1) is 0 Å². The van der Waals surface area contributed by atoms with E-state index in [2.05, 4.69) is 10.6 Å². The zero-order valence-corrected chi connectivity index (χ0v) is 16.9. The molecule has 0 spiro atoms. The molecule has 2 heterocycles. The maximum absolute atomic E-state index is 12.7. The summed E-state index contributed by atoms with van der Waals surface area (Å²) in [6.45, 7) is 6.08. The van der Waals surface area contributed by atoms with E-state index in [4.69, 9.17) is 4.74 Å². The summed E-state index contributed by atoms with van der Waals surface area (Å²) >= 11 is 0. The van der Waals surface area contributed by atoms with Gasteiger partial charge >= 0.3 is 0 Å². The van der Waals surface area contributed by atoms with Crippen LogP contribution >= 0.6 is 0 Å². The van der Waals surface area contributed by atoms with Gasteiger partial charge in [0.2, 0.25) is 5.91 Å². The highest BCUT2D eigenvalue weighted by Gasteiger charge is 2.25. The van der Waals surface area contributed by atoms with E-state index in [-0.39, 0.29) is 17.9 Å². The Labute approximate surface area is 168 Å². The van der Waals surface area contributed by atoms with Crippen LogP contribution in [0.4, 0.5) is 0 Å². The van der Waals surface area contributed by atoms with E-state index in [9.17, 15) is 9.59 Å². The molecule has 2 amide bonds. The van der Waals surface area contributed by atoms with Crippen molar-refractivity contribution in [3.63, 3.8) is 0 Å². The molecule has 6 heteroatoms. The highest BCUT2D eigenvalue weighted by atomic mass is 16.5. The van der Waals surface area contributed by atoms with E-state index in [1.807, 2.05) is 36.1 Å². The number of nitrogens with one attached hydrogen (secondary N) is 2.